The minimum Gasteiger partial charge on any atom is -0.472 e. The van der Waals surface area contributed by atoms with E-state index < -0.39 is 0 Å². The molecule has 1 aliphatic rings. The standard InChI is InChI=1S/C21H24N6O.HI/c1-22-21(26-12-9-18(15-26)28-20-8-4-5-10-24-20)25-14-17-6-2-3-7-19(17)27-13-11-23-16-27;/h2-8,10-11,13,16,18H,9,12,14-15H2,1H3,(H,22,25);1H. The Hall–Kier alpha value is -2.62. The van der Waals surface area contributed by atoms with Gasteiger partial charge in [0.1, 0.15) is 6.10 Å². The van der Waals surface area contributed by atoms with Gasteiger partial charge in [-0.3, -0.25) is 4.99 Å². The highest BCUT2D eigenvalue weighted by Crippen LogP contribution is 2.17. The Balaban J connectivity index is 0.00000240. The number of likely N-dealkylation sites (tertiary alicyclic amines) is 1. The van der Waals surface area contributed by atoms with Gasteiger partial charge < -0.3 is 19.5 Å². The highest BCUT2D eigenvalue weighted by atomic mass is 127. The second-order valence-corrected chi connectivity index (χ2v) is 6.64. The third-order valence-corrected chi connectivity index (χ3v) is 4.79. The Morgan fingerprint density at radius 2 is 2.07 bits per heavy atom. The molecular weight excluding hydrogens is 479 g/mol. The fourth-order valence-electron chi connectivity index (χ4n) is 3.42. The van der Waals surface area contributed by atoms with Crippen molar-refractivity contribution < 1.29 is 4.74 Å². The molecule has 1 N–H and O–H groups in total. The lowest BCUT2D eigenvalue weighted by Gasteiger charge is -2.22. The number of guanidine groups is 1. The van der Waals surface area contributed by atoms with Gasteiger partial charge in [0.15, 0.2) is 5.96 Å². The van der Waals surface area contributed by atoms with E-state index in [2.05, 4.69) is 37.3 Å². The molecule has 8 heteroatoms. The van der Waals surface area contributed by atoms with Gasteiger partial charge in [0.2, 0.25) is 5.88 Å². The second kappa shape index (κ2) is 10.2. The minimum absolute atomic E-state index is 0. The van der Waals surface area contributed by atoms with Gasteiger partial charge in [-0.05, 0) is 17.7 Å². The molecule has 152 valence electrons. The maximum Gasteiger partial charge on any atom is 0.213 e. The molecule has 0 aliphatic carbocycles. The summed E-state index contributed by atoms with van der Waals surface area (Å²) in [5, 5.41) is 3.49. The van der Waals surface area contributed by atoms with Crippen molar-refractivity contribution in [3.05, 3.63) is 72.9 Å². The Morgan fingerprint density at radius 1 is 1.21 bits per heavy atom. The number of rotatable bonds is 5. The van der Waals surface area contributed by atoms with Crippen LogP contribution >= 0.6 is 24.0 Å². The molecule has 29 heavy (non-hydrogen) atoms. The molecule has 2 aromatic heterocycles. The van der Waals surface area contributed by atoms with Gasteiger partial charge >= 0.3 is 0 Å². The van der Waals surface area contributed by atoms with Crippen LogP contribution in [0.4, 0.5) is 0 Å². The predicted molar refractivity (Wildman–Crippen MR) is 124 cm³/mol. The molecule has 1 saturated heterocycles. The average Bonchev–Trinajstić information content (AvgIpc) is 3.42. The van der Waals surface area contributed by atoms with Gasteiger partial charge in [-0.25, -0.2) is 9.97 Å². The zero-order valence-electron chi connectivity index (χ0n) is 16.3. The number of halogens is 1. The van der Waals surface area contributed by atoms with E-state index >= 15 is 0 Å². The van der Waals surface area contributed by atoms with Crippen LogP contribution in [-0.2, 0) is 6.54 Å². The van der Waals surface area contributed by atoms with Crippen LogP contribution < -0.4 is 10.1 Å². The molecule has 0 radical (unpaired) electrons. The number of hydrogen-bond donors (Lipinski definition) is 1. The van der Waals surface area contributed by atoms with E-state index in [1.54, 1.807) is 12.4 Å². The first kappa shape index (κ1) is 21.1. The van der Waals surface area contributed by atoms with Gasteiger partial charge in [-0.1, -0.05) is 24.3 Å². The topological polar surface area (TPSA) is 67.6 Å². The van der Waals surface area contributed by atoms with Gasteiger partial charge in [-0.15, -0.1) is 24.0 Å². The summed E-state index contributed by atoms with van der Waals surface area (Å²) in [6.07, 6.45) is 8.37. The maximum atomic E-state index is 5.99. The summed E-state index contributed by atoms with van der Waals surface area (Å²) in [5.74, 6) is 1.55. The minimum atomic E-state index is 0. The number of pyridine rings is 1. The summed E-state index contributed by atoms with van der Waals surface area (Å²) in [6.45, 7) is 2.38. The molecule has 0 saturated carbocycles. The van der Waals surface area contributed by atoms with E-state index in [0.29, 0.717) is 12.4 Å². The smallest absolute Gasteiger partial charge is 0.213 e. The lowest BCUT2D eigenvalue weighted by Crippen LogP contribution is -2.40. The van der Waals surface area contributed by atoms with Crippen LogP contribution in [0.25, 0.3) is 5.69 Å². The molecule has 3 aromatic rings. The van der Waals surface area contributed by atoms with Crippen LogP contribution in [-0.4, -0.2) is 51.6 Å². The average molecular weight is 504 g/mol. The van der Waals surface area contributed by atoms with Crippen LogP contribution in [0.15, 0.2) is 72.4 Å². The van der Waals surface area contributed by atoms with Crippen LogP contribution in [0.5, 0.6) is 5.88 Å². The van der Waals surface area contributed by atoms with Crippen molar-refractivity contribution in [2.24, 2.45) is 4.99 Å². The molecule has 4 rings (SSSR count). The van der Waals surface area contributed by atoms with Crippen molar-refractivity contribution in [1.82, 2.24) is 24.8 Å². The largest absolute Gasteiger partial charge is 0.472 e. The molecule has 1 atom stereocenters. The summed E-state index contributed by atoms with van der Waals surface area (Å²) in [4.78, 5) is 15.1. The number of nitrogens with zero attached hydrogens (tertiary/aromatic N) is 5. The number of imidazole rings is 1. The van der Waals surface area contributed by atoms with Crippen molar-refractivity contribution in [2.45, 2.75) is 19.1 Å². The number of benzene rings is 1. The number of aromatic nitrogens is 3. The maximum absolute atomic E-state index is 5.99. The third kappa shape index (κ3) is 5.26. The van der Waals surface area contributed by atoms with Crippen LogP contribution in [0.3, 0.4) is 0 Å². The van der Waals surface area contributed by atoms with Crippen molar-refractivity contribution in [3.63, 3.8) is 0 Å². The lowest BCUT2D eigenvalue weighted by molar-refractivity contribution is 0.205. The Kier molecular flexibility index (Phi) is 7.45. The number of nitrogens with one attached hydrogen (secondary N) is 1. The zero-order valence-corrected chi connectivity index (χ0v) is 18.6. The van der Waals surface area contributed by atoms with Crippen molar-refractivity contribution in [3.8, 4) is 11.6 Å². The summed E-state index contributed by atoms with van der Waals surface area (Å²) < 4.78 is 8.01. The molecule has 1 fully saturated rings. The highest BCUT2D eigenvalue weighted by Gasteiger charge is 2.26. The molecule has 1 aromatic carbocycles. The zero-order chi connectivity index (χ0) is 19.2. The second-order valence-electron chi connectivity index (χ2n) is 6.64. The molecule has 1 aliphatic heterocycles. The Bertz CT molecular complexity index is 916. The molecule has 3 heterocycles. The number of aliphatic imine (C=N–C) groups is 1. The normalized spacial score (nSPS) is 16.4. The quantitative estimate of drug-likeness (QED) is 0.329. The van der Waals surface area contributed by atoms with E-state index in [-0.39, 0.29) is 30.1 Å². The molecule has 0 bridgehead atoms. The lowest BCUT2D eigenvalue weighted by atomic mass is 10.1. The first-order valence-corrected chi connectivity index (χ1v) is 9.43. The number of ether oxygens (including phenoxy) is 1. The Labute approximate surface area is 187 Å². The van der Waals surface area contributed by atoms with Gasteiger partial charge in [0.25, 0.3) is 0 Å². The number of hydrogen-bond acceptors (Lipinski definition) is 4. The van der Waals surface area contributed by atoms with Crippen molar-refractivity contribution in [1.29, 1.82) is 0 Å². The highest BCUT2D eigenvalue weighted by molar-refractivity contribution is 14.0. The Morgan fingerprint density at radius 3 is 2.83 bits per heavy atom. The molecule has 1 unspecified atom stereocenters. The van der Waals surface area contributed by atoms with E-state index in [9.17, 15) is 0 Å². The van der Waals surface area contributed by atoms with Crippen molar-refractivity contribution >= 4 is 29.9 Å². The first-order chi connectivity index (χ1) is 13.8. The van der Waals surface area contributed by atoms with E-state index in [1.807, 2.05) is 54.5 Å². The third-order valence-electron chi connectivity index (χ3n) is 4.79. The molecular formula is C21H25IN6O. The molecule has 0 amide bonds. The van der Waals surface area contributed by atoms with Gasteiger partial charge in [0, 0.05) is 51.2 Å². The summed E-state index contributed by atoms with van der Waals surface area (Å²) in [6, 6.07) is 14.0. The SMILES string of the molecule is CN=C(NCc1ccccc1-n1ccnc1)N1CCC(Oc2ccccn2)C1.I. The van der Waals surface area contributed by atoms with Crippen LogP contribution in [0, 0.1) is 0 Å². The van der Waals surface area contributed by atoms with E-state index in [0.717, 1.165) is 31.2 Å². The van der Waals surface area contributed by atoms with Crippen molar-refractivity contribution in [2.75, 3.05) is 20.1 Å². The fraction of sp³-hybridized carbons (Fsp3) is 0.286. The molecule has 0 spiro atoms. The first-order valence-electron chi connectivity index (χ1n) is 9.43. The van der Waals surface area contributed by atoms with E-state index in [4.69, 9.17) is 4.74 Å². The van der Waals surface area contributed by atoms with Crippen LogP contribution in [0.2, 0.25) is 0 Å². The van der Waals surface area contributed by atoms with E-state index in [1.165, 1.54) is 5.56 Å². The predicted octanol–water partition coefficient (Wildman–Crippen LogP) is 3.11. The molecule has 7 nitrogen and oxygen atoms in total. The fourth-order valence-corrected chi connectivity index (χ4v) is 3.42. The number of para-hydroxylation sites is 1. The monoisotopic (exact) mass is 504 g/mol. The summed E-state index contributed by atoms with van der Waals surface area (Å²) in [5.41, 5.74) is 2.29. The van der Waals surface area contributed by atoms with Gasteiger partial charge in [-0.2, -0.15) is 0 Å². The van der Waals surface area contributed by atoms with Gasteiger partial charge in [0.05, 0.1) is 18.6 Å². The summed E-state index contributed by atoms with van der Waals surface area (Å²) >= 11 is 0. The summed E-state index contributed by atoms with van der Waals surface area (Å²) in [7, 11) is 1.82. The van der Waals surface area contributed by atoms with Crippen LogP contribution in [0.1, 0.15) is 12.0 Å².